The van der Waals surface area contributed by atoms with Crippen LogP contribution >= 0.6 is 0 Å². The number of halogens is 3. The summed E-state index contributed by atoms with van der Waals surface area (Å²) >= 11 is 0. The van der Waals surface area contributed by atoms with E-state index >= 15 is 0 Å². The van der Waals surface area contributed by atoms with Crippen LogP contribution in [0.25, 0.3) is 0 Å². The number of amides is 1. The Hall–Kier alpha value is -2.09. The van der Waals surface area contributed by atoms with E-state index in [1.807, 2.05) is 0 Å². The fourth-order valence-corrected chi connectivity index (χ4v) is 2.74. The molecule has 1 fully saturated rings. The van der Waals surface area contributed by atoms with Crippen LogP contribution in [-0.4, -0.2) is 49.7 Å². The average Bonchev–Trinajstić information content (AvgIpc) is 3.11. The van der Waals surface area contributed by atoms with Crippen molar-refractivity contribution in [3.8, 4) is 0 Å². The van der Waals surface area contributed by atoms with Gasteiger partial charge in [0.15, 0.2) is 17.5 Å². The number of rotatable bonds is 6. The summed E-state index contributed by atoms with van der Waals surface area (Å²) in [6.07, 6.45) is 1.30. The molecule has 1 saturated heterocycles. The van der Waals surface area contributed by atoms with E-state index in [1.54, 1.807) is 6.92 Å². The fourth-order valence-electron chi connectivity index (χ4n) is 2.74. The van der Waals surface area contributed by atoms with Gasteiger partial charge in [-0.3, -0.25) is 9.59 Å². The van der Waals surface area contributed by atoms with Crippen LogP contribution in [0.15, 0.2) is 12.1 Å². The number of ether oxygens (including phenoxy) is 2. The molecule has 2 atom stereocenters. The molecule has 1 heterocycles. The van der Waals surface area contributed by atoms with Gasteiger partial charge in [-0.15, -0.1) is 0 Å². The van der Waals surface area contributed by atoms with Gasteiger partial charge in [-0.1, -0.05) is 6.92 Å². The Morgan fingerprint density at radius 2 is 2.04 bits per heavy atom. The summed E-state index contributed by atoms with van der Waals surface area (Å²) in [6, 6.07) is 1.58. The molecule has 1 aromatic carbocycles. The highest BCUT2D eigenvalue weighted by Crippen LogP contribution is 2.20. The van der Waals surface area contributed by atoms with Crippen LogP contribution < -0.4 is 0 Å². The molecule has 1 aromatic rings. The Morgan fingerprint density at radius 1 is 1.32 bits per heavy atom. The maximum Gasteiger partial charge on any atom is 0.310 e. The molecule has 1 amide bonds. The lowest BCUT2D eigenvalue weighted by Crippen LogP contribution is -2.42. The predicted octanol–water partition coefficient (Wildman–Crippen LogP) is 2.53. The summed E-state index contributed by atoms with van der Waals surface area (Å²) in [5.74, 6) is -6.65. The number of esters is 1. The van der Waals surface area contributed by atoms with Crippen LogP contribution in [-0.2, 0) is 14.3 Å². The van der Waals surface area contributed by atoms with E-state index in [4.69, 9.17) is 4.74 Å². The largest absolute Gasteiger partial charge is 0.469 e. The summed E-state index contributed by atoms with van der Waals surface area (Å²) in [4.78, 5) is 25.5. The number of carbonyl (C=O) groups is 2. The lowest BCUT2D eigenvalue weighted by atomic mass is 10.1. The van der Waals surface area contributed by atoms with Crippen LogP contribution in [0.1, 0.15) is 30.1 Å². The van der Waals surface area contributed by atoms with E-state index in [-0.39, 0.29) is 19.2 Å². The van der Waals surface area contributed by atoms with Crippen LogP contribution in [0.2, 0.25) is 0 Å². The van der Waals surface area contributed by atoms with Gasteiger partial charge < -0.3 is 14.4 Å². The van der Waals surface area contributed by atoms with Crippen molar-refractivity contribution in [2.45, 2.75) is 25.9 Å². The third-order valence-electron chi connectivity index (χ3n) is 4.10. The summed E-state index contributed by atoms with van der Waals surface area (Å²) in [5, 5.41) is 0. The van der Waals surface area contributed by atoms with Crippen molar-refractivity contribution in [3.05, 3.63) is 35.1 Å². The smallest absolute Gasteiger partial charge is 0.310 e. The first kappa shape index (κ1) is 19.2. The normalized spacial score (nSPS) is 18.0. The Labute approximate surface area is 143 Å². The Morgan fingerprint density at radius 3 is 2.64 bits per heavy atom. The Bertz CT molecular complexity index is 647. The van der Waals surface area contributed by atoms with Gasteiger partial charge in [-0.2, -0.15) is 0 Å². The summed E-state index contributed by atoms with van der Waals surface area (Å²) < 4.78 is 50.6. The van der Waals surface area contributed by atoms with Gasteiger partial charge >= 0.3 is 5.97 Å². The quantitative estimate of drug-likeness (QED) is 0.579. The molecule has 1 aliphatic heterocycles. The minimum atomic E-state index is -1.70. The summed E-state index contributed by atoms with van der Waals surface area (Å²) in [6.45, 7) is 2.18. The first-order valence-electron chi connectivity index (χ1n) is 7.97. The molecular formula is C17H20F3NO4. The zero-order chi connectivity index (χ0) is 18.6. The van der Waals surface area contributed by atoms with Crippen molar-refractivity contribution in [2.75, 3.05) is 26.8 Å². The fraction of sp³-hybridized carbons (Fsp3) is 0.529. The monoisotopic (exact) mass is 359 g/mol. The standard InChI is InChI=1S/C17H20F3NO4/c1-10(17(23)24-2)8-21(9-11-4-3-7-25-11)16(22)12-5-6-13(18)15(20)14(12)19/h5-6,10-11H,3-4,7-9H2,1-2H3. The Kier molecular flexibility index (Phi) is 6.41. The average molecular weight is 359 g/mol. The van der Waals surface area contributed by atoms with E-state index in [1.165, 1.54) is 12.0 Å². The SMILES string of the molecule is COC(=O)C(C)CN(CC1CCCO1)C(=O)c1ccc(F)c(F)c1F. The van der Waals surface area contributed by atoms with Gasteiger partial charge in [0.1, 0.15) is 0 Å². The van der Waals surface area contributed by atoms with Gasteiger partial charge in [-0.25, -0.2) is 13.2 Å². The zero-order valence-corrected chi connectivity index (χ0v) is 14.1. The summed E-state index contributed by atoms with van der Waals surface area (Å²) in [7, 11) is 1.22. The first-order chi connectivity index (χ1) is 11.8. The highest BCUT2D eigenvalue weighted by molar-refractivity contribution is 5.94. The number of carbonyl (C=O) groups excluding carboxylic acids is 2. The van der Waals surface area contributed by atoms with Crippen LogP contribution in [0.4, 0.5) is 13.2 Å². The van der Waals surface area contributed by atoms with Gasteiger partial charge in [0.25, 0.3) is 5.91 Å². The highest BCUT2D eigenvalue weighted by Gasteiger charge is 2.29. The molecule has 0 aliphatic carbocycles. The minimum Gasteiger partial charge on any atom is -0.469 e. The van der Waals surface area contributed by atoms with Crippen molar-refractivity contribution in [1.82, 2.24) is 4.90 Å². The third kappa shape index (κ3) is 4.50. The van der Waals surface area contributed by atoms with Gasteiger partial charge in [0, 0.05) is 19.7 Å². The lowest BCUT2D eigenvalue weighted by molar-refractivity contribution is -0.145. The molecule has 25 heavy (non-hydrogen) atoms. The minimum absolute atomic E-state index is 0.0518. The molecule has 0 saturated carbocycles. The molecule has 1 aliphatic rings. The van der Waals surface area contributed by atoms with Crippen molar-refractivity contribution in [1.29, 1.82) is 0 Å². The van der Waals surface area contributed by atoms with Gasteiger partial charge in [0.05, 0.1) is 24.7 Å². The van der Waals surface area contributed by atoms with Crippen molar-refractivity contribution < 1.29 is 32.2 Å². The second kappa shape index (κ2) is 8.33. The van der Waals surface area contributed by atoms with Gasteiger partial charge in [0.2, 0.25) is 0 Å². The van der Waals surface area contributed by atoms with Crippen molar-refractivity contribution in [2.24, 2.45) is 5.92 Å². The molecule has 8 heteroatoms. The maximum atomic E-state index is 14.0. The molecule has 2 unspecified atom stereocenters. The van der Waals surface area contributed by atoms with E-state index in [0.717, 1.165) is 18.9 Å². The maximum absolute atomic E-state index is 14.0. The van der Waals surface area contributed by atoms with E-state index < -0.39 is 40.8 Å². The third-order valence-corrected chi connectivity index (χ3v) is 4.10. The number of hydrogen-bond acceptors (Lipinski definition) is 4. The number of hydrogen-bond donors (Lipinski definition) is 0. The lowest BCUT2D eigenvalue weighted by Gasteiger charge is -2.27. The molecule has 0 aromatic heterocycles. The second-order valence-electron chi connectivity index (χ2n) is 5.99. The molecule has 5 nitrogen and oxygen atoms in total. The molecule has 0 spiro atoms. The molecule has 138 valence electrons. The number of methoxy groups -OCH3 is 1. The zero-order valence-electron chi connectivity index (χ0n) is 14.1. The second-order valence-corrected chi connectivity index (χ2v) is 5.99. The van der Waals surface area contributed by atoms with E-state index in [2.05, 4.69) is 4.74 Å². The van der Waals surface area contributed by atoms with Crippen LogP contribution in [0, 0.1) is 23.4 Å². The number of benzene rings is 1. The summed E-state index contributed by atoms with van der Waals surface area (Å²) in [5.41, 5.74) is -0.589. The molecular weight excluding hydrogens is 339 g/mol. The topological polar surface area (TPSA) is 55.8 Å². The molecule has 0 bridgehead atoms. The number of nitrogens with zero attached hydrogens (tertiary/aromatic N) is 1. The predicted molar refractivity (Wildman–Crippen MR) is 82.4 cm³/mol. The molecule has 2 rings (SSSR count). The van der Waals surface area contributed by atoms with Crippen molar-refractivity contribution in [3.63, 3.8) is 0 Å². The van der Waals surface area contributed by atoms with E-state index in [9.17, 15) is 22.8 Å². The first-order valence-corrected chi connectivity index (χ1v) is 7.97. The van der Waals surface area contributed by atoms with Crippen LogP contribution in [0.3, 0.4) is 0 Å². The van der Waals surface area contributed by atoms with Crippen molar-refractivity contribution >= 4 is 11.9 Å². The molecule has 0 radical (unpaired) electrons. The van der Waals surface area contributed by atoms with E-state index in [0.29, 0.717) is 12.7 Å². The van der Waals surface area contributed by atoms with Crippen LogP contribution in [0.5, 0.6) is 0 Å². The highest BCUT2D eigenvalue weighted by atomic mass is 19.2. The Balaban J connectivity index is 2.25. The molecule has 0 N–H and O–H groups in total. The van der Waals surface area contributed by atoms with Gasteiger partial charge in [-0.05, 0) is 25.0 Å².